The van der Waals surface area contributed by atoms with E-state index in [1.54, 1.807) is 0 Å². The average Bonchev–Trinajstić information content (AvgIpc) is 2.44. The fraction of sp³-hybridized carbons (Fsp3) is 0.462. The molecule has 1 saturated heterocycles. The number of benzene rings is 1. The largest absolute Gasteiger partial charge is 0.379 e. The third-order valence-electron chi connectivity index (χ3n) is 2.99. The second-order valence-electron chi connectivity index (χ2n) is 4.46. The molecule has 0 spiro atoms. The SMILES string of the molecule is O=C(NCCN1CCOCC1)Nc1cc(Br)ccc1Br. The van der Waals surface area contributed by atoms with Crippen molar-refractivity contribution in [1.29, 1.82) is 0 Å². The van der Waals surface area contributed by atoms with Crippen molar-refractivity contribution in [2.75, 3.05) is 44.7 Å². The number of carbonyl (C=O) groups is 1. The maximum absolute atomic E-state index is 11.8. The summed E-state index contributed by atoms with van der Waals surface area (Å²) in [6.07, 6.45) is 0. The van der Waals surface area contributed by atoms with Crippen molar-refractivity contribution in [3.63, 3.8) is 0 Å². The summed E-state index contributed by atoms with van der Waals surface area (Å²) in [6, 6.07) is 5.45. The lowest BCUT2D eigenvalue weighted by Gasteiger charge is -2.26. The second-order valence-corrected chi connectivity index (χ2v) is 6.23. The first kappa shape index (κ1) is 15.8. The van der Waals surface area contributed by atoms with E-state index in [1.807, 2.05) is 18.2 Å². The smallest absolute Gasteiger partial charge is 0.319 e. The molecule has 20 heavy (non-hydrogen) atoms. The van der Waals surface area contributed by atoms with Gasteiger partial charge in [-0.2, -0.15) is 0 Å². The van der Waals surface area contributed by atoms with Crippen molar-refractivity contribution in [3.05, 3.63) is 27.1 Å². The Balaban J connectivity index is 1.73. The van der Waals surface area contributed by atoms with Crippen LogP contribution in [0.25, 0.3) is 0 Å². The topological polar surface area (TPSA) is 53.6 Å². The van der Waals surface area contributed by atoms with Gasteiger partial charge in [-0.3, -0.25) is 4.90 Å². The maximum atomic E-state index is 11.8. The number of ether oxygens (including phenoxy) is 1. The number of hydrogen-bond acceptors (Lipinski definition) is 3. The fourth-order valence-corrected chi connectivity index (χ4v) is 2.62. The molecule has 1 heterocycles. The second kappa shape index (κ2) is 7.97. The summed E-state index contributed by atoms with van der Waals surface area (Å²) >= 11 is 6.78. The Labute approximate surface area is 135 Å². The molecule has 2 amide bonds. The van der Waals surface area contributed by atoms with Gasteiger partial charge in [-0.15, -0.1) is 0 Å². The van der Waals surface area contributed by atoms with Gasteiger partial charge in [0, 0.05) is 35.1 Å². The van der Waals surface area contributed by atoms with Gasteiger partial charge in [0.15, 0.2) is 0 Å². The zero-order valence-corrected chi connectivity index (χ0v) is 14.2. The first-order chi connectivity index (χ1) is 9.65. The Bertz CT molecular complexity index is 465. The number of morpholine rings is 1. The Hall–Kier alpha value is -0.630. The van der Waals surface area contributed by atoms with Crippen LogP contribution in [-0.2, 0) is 4.74 Å². The summed E-state index contributed by atoms with van der Waals surface area (Å²) in [5.74, 6) is 0. The lowest BCUT2D eigenvalue weighted by atomic mass is 10.3. The first-order valence-corrected chi connectivity index (χ1v) is 8.04. The van der Waals surface area contributed by atoms with Crippen molar-refractivity contribution in [1.82, 2.24) is 10.2 Å². The highest BCUT2D eigenvalue weighted by molar-refractivity contribution is 9.11. The third kappa shape index (κ3) is 5.05. The molecule has 7 heteroatoms. The Morgan fingerprint density at radius 1 is 1.30 bits per heavy atom. The third-order valence-corrected chi connectivity index (χ3v) is 4.18. The standard InChI is InChI=1S/C13H17Br2N3O2/c14-10-1-2-11(15)12(9-10)17-13(19)16-3-4-18-5-7-20-8-6-18/h1-2,9H,3-8H2,(H2,16,17,19). The molecule has 0 radical (unpaired) electrons. The molecule has 0 atom stereocenters. The Morgan fingerprint density at radius 3 is 2.80 bits per heavy atom. The van der Waals surface area contributed by atoms with Crippen LogP contribution < -0.4 is 10.6 Å². The van der Waals surface area contributed by atoms with Crippen molar-refractivity contribution in [3.8, 4) is 0 Å². The summed E-state index contributed by atoms with van der Waals surface area (Å²) in [5.41, 5.74) is 0.739. The molecule has 1 aliphatic heterocycles. The number of urea groups is 1. The highest BCUT2D eigenvalue weighted by Crippen LogP contribution is 2.25. The molecule has 0 aliphatic carbocycles. The quantitative estimate of drug-likeness (QED) is 0.808. The molecule has 0 saturated carbocycles. The molecular weight excluding hydrogens is 390 g/mol. The van der Waals surface area contributed by atoms with E-state index >= 15 is 0 Å². The van der Waals surface area contributed by atoms with E-state index in [9.17, 15) is 4.79 Å². The van der Waals surface area contributed by atoms with E-state index < -0.39 is 0 Å². The van der Waals surface area contributed by atoms with Gasteiger partial charge in [0.1, 0.15) is 0 Å². The zero-order valence-electron chi connectivity index (χ0n) is 11.0. The number of nitrogens with one attached hydrogen (secondary N) is 2. The first-order valence-electron chi connectivity index (χ1n) is 6.45. The van der Waals surface area contributed by atoms with Gasteiger partial charge in [0.25, 0.3) is 0 Å². The Kier molecular flexibility index (Phi) is 6.28. The minimum atomic E-state index is -0.197. The summed E-state index contributed by atoms with van der Waals surface area (Å²) < 4.78 is 7.05. The number of rotatable bonds is 4. The molecule has 1 aliphatic rings. The number of nitrogens with zero attached hydrogens (tertiary/aromatic N) is 1. The molecule has 0 aromatic heterocycles. The minimum absolute atomic E-state index is 0.197. The monoisotopic (exact) mass is 405 g/mol. The van der Waals surface area contributed by atoms with E-state index in [0.717, 1.165) is 47.5 Å². The van der Waals surface area contributed by atoms with E-state index in [-0.39, 0.29) is 6.03 Å². The van der Waals surface area contributed by atoms with Crippen LogP contribution in [-0.4, -0.2) is 50.3 Å². The Morgan fingerprint density at radius 2 is 2.05 bits per heavy atom. The van der Waals surface area contributed by atoms with E-state index in [0.29, 0.717) is 6.54 Å². The van der Waals surface area contributed by atoms with Crippen LogP contribution in [0.3, 0.4) is 0 Å². The zero-order chi connectivity index (χ0) is 14.4. The number of amides is 2. The highest BCUT2D eigenvalue weighted by Gasteiger charge is 2.10. The predicted octanol–water partition coefficient (Wildman–Crippen LogP) is 2.67. The van der Waals surface area contributed by atoms with Crippen LogP contribution in [0, 0.1) is 0 Å². The van der Waals surface area contributed by atoms with Crippen LogP contribution in [0.2, 0.25) is 0 Å². The molecule has 5 nitrogen and oxygen atoms in total. The molecule has 1 aromatic carbocycles. The van der Waals surface area contributed by atoms with Crippen LogP contribution in [0.15, 0.2) is 27.1 Å². The normalized spacial score (nSPS) is 15.9. The molecule has 110 valence electrons. The summed E-state index contributed by atoms with van der Waals surface area (Å²) in [7, 11) is 0. The van der Waals surface area contributed by atoms with Crippen molar-refractivity contribution >= 4 is 43.6 Å². The molecule has 1 fully saturated rings. The highest BCUT2D eigenvalue weighted by atomic mass is 79.9. The van der Waals surface area contributed by atoms with Crippen molar-refractivity contribution in [2.45, 2.75) is 0 Å². The van der Waals surface area contributed by atoms with Crippen LogP contribution >= 0.6 is 31.9 Å². The van der Waals surface area contributed by atoms with Crippen LogP contribution in [0.5, 0.6) is 0 Å². The fourth-order valence-electron chi connectivity index (χ4n) is 1.91. The minimum Gasteiger partial charge on any atom is -0.379 e. The molecule has 0 unspecified atom stereocenters. The van der Waals surface area contributed by atoms with Gasteiger partial charge in [-0.1, -0.05) is 15.9 Å². The van der Waals surface area contributed by atoms with Crippen molar-refractivity contribution < 1.29 is 9.53 Å². The van der Waals surface area contributed by atoms with Crippen LogP contribution in [0.1, 0.15) is 0 Å². The molecule has 2 N–H and O–H groups in total. The number of anilines is 1. The van der Waals surface area contributed by atoms with Gasteiger partial charge in [-0.05, 0) is 34.1 Å². The van der Waals surface area contributed by atoms with E-state index in [4.69, 9.17) is 4.74 Å². The molecular formula is C13H17Br2N3O2. The van der Waals surface area contributed by atoms with Crippen LogP contribution in [0.4, 0.5) is 10.5 Å². The van der Waals surface area contributed by atoms with E-state index in [2.05, 4.69) is 47.4 Å². The van der Waals surface area contributed by atoms with Gasteiger partial charge >= 0.3 is 6.03 Å². The molecule has 0 bridgehead atoms. The molecule has 1 aromatic rings. The average molecular weight is 407 g/mol. The van der Waals surface area contributed by atoms with Gasteiger partial charge < -0.3 is 15.4 Å². The molecule has 2 rings (SSSR count). The van der Waals surface area contributed by atoms with E-state index in [1.165, 1.54) is 0 Å². The predicted molar refractivity (Wildman–Crippen MR) is 86.1 cm³/mol. The van der Waals surface area contributed by atoms with Gasteiger partial charge in [0.2, 0.25) is 0 Å². The lowest BCUT2D eigenvalue weighted by molar-refractivity contribution is 0.0388. The number of halogens is 2. The van der Waals surface area contributed by atoms with Crippen molar-refractivity contribution in [2.24, 2.45) is 0 Å². The van der Waals surface area contributed by atoms with Gasteiger partial charge in [0.05, 0.1) is 18.9 Å². The van der Waals surface area contributed by atoms with Gasteiger partial charge in [-0.25, -0.2) is 4.79 Å². The lowest BCUT2D eigenvalue weighted by Crippen LogP contribution is -2.42. The maximum Gasteiger partial charge on any atom is 0.319 e. The summed E-state index contributed by atoms with van der Waals surface area (Å²) in [6.45, 7) is 4.88. The summed E-state index contributed by atoms with van der Waals surface area (Å²) in [5, 5.41) is 5.68. The number of carbonyl (C=O) groups excluding carboxylic acids is 1. The number of hydrogen-bond donors (Lipinski definition) is 2. The summed E-state index contributed by atoms with van der Waals surface area (Å²) in [4.78, 5) is 14.1.